The number of nitrogens with one attached hydrogen (secondary N) is 1. The Balaban J connectivity index is 1.68. The molecule has 1 aliphatic heterocycles. The van der Waals surface area contributed by atoms with Crippen molar-refractivity contribution in [2.45, 2.75) is 0 Å². The molecule has 0 saturated heterocycles. The summed E-state index contributed by atoms with van der Waals surface area (Å²) in [5.74, 6) is -0.476. The molecule has 2 aromatic carbocycles. The molecule has 0 unspecified atom stereocenters. The van der Waals surface area contributed by atoms with Gasteiger partial charge >= 0.3 is 0 Å². The van der Waals surface area contributed by atoms with Gasteiger partial charge in [0.2, 0.25) is 5.91 Å². The Morgan fingerprint density at radius 2 is 1.83 bits per heavy atom. The number of amides is 2. The van der Waals surface area contributed by atoms with Gasteiger partial charge in [0.1, 0.15) is 17.2 Å². The molecule has 0 saturated carbocycles. The second-order valence-corrected chi connectivity index (χ2v) is 6.22. The van der Waals surface area contributed by atoms with Crippen molar-refractivity contribution < 1.29 is 9.59 Å². The summed E-state index contributed by atoms with van der Waals surface area (Å²) in [6, 6.07) is 17.0. The Bertz CT molecular complexity index is 921. The molecule has 1 N–H and O–H groups in total. The fourth-order valence-corrected chi connectivity index (χ4v) is 3.44. The molecule has 4 rings (SSSR count). The van der Waals surface area contributed by atoms with Gasteiger partial charge in [-0.3, -0.25) is 14.5 Å². The fraction of sp³-hybridized carbons (Fsp3) is 0.0556. The van der Waals surface area contributed by atoms with E-state index in [-0.39, 0.29) is 18.4 Å². The van der Waals surface area contributed by atoms with Gasteiger partial charge in [0.15, 0.2) is 0 Å². The Hall–Kier alpha value is -2.99. The lowest BCUT2D eigenvalue weighted by Gasteiger charge is -2.28. The van der Waals surface area contributed by atoms with E-state index >= 15 is 0 Å². The van der Waals surface area contributed by atoms with Gasteiger partial charge in [0, 0.05) is 10.9 Å². The summed E-state index contributed by atoms with van der Waals surface area (Å²) >= 11 is 1.42. The van der Waals surface area contributed by atoms with Crippen LogP contribution in [0.2, 0.25) is 0 Å². The van der Waals surface area contributed by atoms with Crippen molar-refractivity contribution in [2.24, 2.45) is 0 Å². The third kappa shape index (κ3) is 2.57. The van der Waals surface area contributed by atoms with Crippen LogP contribution >= 0.6 is 11.3 Å². The standard InChI is InChI=1S/C18H13N3O2S/c22-16-10-21(15-9-5-4-8-13(15)19-16)18(23)14-11-24-17(20-14)12-6-2-1-3-7-12/h1-9,11H,10H2,(H,19,22). The second-order valence-electron chi connectivity index (χ2n) is 5.36. The average Bonchev–Trinajstić information content (AvgIpc) is 3.11. The van der Waals surface area contributed by atoms with Gasteiger partial charge in [-0.1, -0.05) is 42.5 Å². The molecule has 118 valence electrons. The van der Waals surface area contributed by atoms with Gasteiger partial charge in [0.25, 0.3) is 5.91 Å². The number of carbonyl (C=O) groups excluding carboxylic acids is 2. The van der Waals surface area contributed by atoms with Gasteiger partial charge in [-0.15, -0.1) is 11.3 Å². The number of fused-ring (bicyclic) bond motifs is 1. The predicted molar refractivity (Wildman–Crippen MR) is 94.3 cm³/mol. The Morgan fingerprint density at radius 1 is 1.08 bits per heavy atom. The highest BCUT2D eigenvalue weighted by atomic mass is 32.1. The van der Waals surface area contributed by atoms with Crippen LogP contribution < -0.4 is 10.2 Å². The quantitative estimate of drug-likeness (QED) is 0.780. The fourth-order valence-electron chi connectivity index (χ4n) is 2.64. The topological polar surface area (TPSA) is 62.3 Å². The van der Waals surface area contributed by atoms with Crippen LogP contribution in [0.5, 0.6) is 0 Å². The Morgan fingerprint density at radius 3 is 2.67 bits per heavy atom. The van der Waals surface area contributed by atoms with Crippen LogP contribution in [0.1, 0.15) is 10.5 Å². The number of carbonyl (C=O) groups is 2. The highest BCUT2D eigenvalue weighted by Crippen LogP contribution is 2.31. The van der Waals surface area contributed by atoms with Gasteiger partial charge in [-0.25, -0.2) is 4.98 Å². The van der Waals surface area contributed by atoms with E-state index in [0.717, 1.165) is 10.6 Å². The molecule has 5 nitrogen and oxygen atoms in total. The number of hydrogen-bond acceptors (Lipinski definition) is 4. The molecule has 0 bridgehead atoms. The van der Waals surface area contributed by atoms with Crippen molar-refractivity contribution in [3.63, 3.8) is 0 Å². The molecule has 3 aromatic rings. The van der Waals surface area contributed by atoms with E-state index in [2.05, 4.69) is 10.3 Å². The number of aromatic nitrogens is 1. The zero-order valence-corrected chi connectivity index (χ0v) is 13.4. The van der Waals surface area contributed by atoms with Crippen molar-refractivity contribution in [3.8, 4) is 10.6 Å². The molecular weight excluding hydrogens is 322 g/mol. The highest BCUT2D eigenvalue weighted by molar-refractivity contribution is 7.13. The second kappa shape index (κ2) is 5.90. The predicted octanol–water partition coefficient (Wildman–Crippen LogP) is 3.41. The van der Waals surface area contributed by atoms with E-state index in [1.165, 1.54) is 16.2 Å². The number of para-hydroxylation sites is 2. The normalized spacial score (nSPS) is 13.3. The molecule has 0 radical (unpaired) electrons. The molecule has 0 aliphatic carbocycles. The number of thiazole rings is 1. The largest absolute Gasteiger partial charge is 0.323 e. The van der Waals surface area contributed by atoms with E-state index in [0.29, 0.717) is 17.1 Å². The van der Waals surface area contributed by atoms with E-state index in [9.17, 15) is 9.59 Å². The average molecular weight is 335 g/mol. The number of anilines is 2. The Labute approximate surface area is 142 Å². The lowest BCUT2D eigenvalue weighted by Crippen LogP contribution is -2.42. The van der Waals surface area contributed by atoms with Crippen LogP contribution in [-0.2, 0) is 4.79 Å². The van der Waals surface area contributed by atoms with Crippen molar-refractivity contribution in [1.82, 2.24) is 4.98 Å². The monoisotopic (exact) mass is 335 g/mol. The zero-order valence-electron chi connectivity index (χ0n) is 12.6. The minimum atomic E-state index is -0.268. The summed E-state index contributed by atoms with van der Waals surface area (Å²) in [5.41, 5.74) is 2.65. The van der Waals surface area contributed by atoms with Crippen LogP contribution in [0.25, 0.3) is 10.6 Å². The molecule has 0 atom stereocenters. The first-order valence-electron chi connectivity index (χ1n) is 7.44. The molecule has 2 amide bonds. The van der Waals surface area contributed by atoms with Crippen molar-refractivity contribution in [2.75, 3.05) is 16.8 Å². The molecule has 0 fully saturated rings. The van der Waals surface area contributed by atoms with Gasteiger partial charge in [0.05, 0.1) is 11.4 Å². The first kappa shape index (κ1) is 14.6. The summed E-state index contributed by atoms with van der Waals surface area (Å²) < 4.78 is 0. The third-order valence-corrected chi connectivity index (χ3v) is 4.65. The molecular formula is C18H13N3O2S. The van der Waals surface area contributed by atoms with Crippen LogP contribution in [0.4, 0.5) is 11.4 Å². The summed E-state index contributed by atoms with van der Waals surface area (Å²) in [7, 11) is 0. The molecule has 24 heavy (non-hydrogen) atoms. The summed E-state index contributed by atoms with van der Waals surface area (Å²) in [5, 5.41) is 5.30. The van der Waals surface area contributed by atoms with Crippen molar-refractivity contribution in [3.05, 3.63) is 65.7 Å². The first-order valence-corrected chi connectivity index (χ1v) is 8.32. The lowest BCUT2D eigenvalue weighted by atomic mass is 10.2. The number of benzene rings is 2. The molecule has 0 spiro atoms. The van der Waals surface area contributed by atoms with Crippen molar-refractivity contribution >= 4 is 34.5 Å². The van der Waals surface area contributed by atoms with E-state index in [1.807, 2.05) is 48.5 Å². The number of hydrogen-bond donors (Lipinski definition) is 1. The van der Waals surface area contributed by atoms with Gasteiger partial charge in [-0.05, 0) is 12.1 Å². The van der Waals surface area contributed by atoms with Gasteiger partial charge in [-0.2, -0.15) is 0 Å². The van der Waals surface area contributed by atoms with E-state index < -0.39 is 0 Å². The van der Waals surface area contributed by atoms with Crippen LogP contribution in [0.3, 0.4) is 0 Å². The van der Waals surface area contributed by atoms with Crippen LogP contribution in [0.15, 0.2) is 60.0 Å². The smallest absolute Gasteiger partial charge is 0.278 e. The zero-order chi connectivity index (χ0) is 16.5. The molecule has 1 aliphatic rings. The van der Waals surface area contributed by atoms with E-state index in [4.69, 9.17) is 0 Å². The van der Waals surface area contributed by atoms with Crippen LogP contribution in [-0.4, -0.2) is 23.3 Å². The third-order valence-electron chi connectivity index (χ3n) is 3.76. The minimum absolute atomic E-state index is 0.00591. The maximum atomic E-state index is 12.8. The minimum Gasteiger partial charge on any atom is -0.323 e. The van der Waals surface area contributed by atoms with E-state index in [1.54, 1.807) is 11.4 Å². The Kier molecular flexibility index (Phi) is 3.59. The summed E-state index contributed by atoms with van der Waals surface area (Å²) in [4.78, 5) is 30.6. The van der Waals surface area contributed by atoms with Crippen molar-refractivity contribution in [1.29, 1.82) is 0 Å². The highest BCUT2D eigenvalue weighted by Gasteiger charge is 2.28. The first-order chi connectivity index (χ1) is 11.7. The van der Waals surface area contributed by atoms with Crippen LogP contribution in [0, 0.1) is 0 Å². The summed E-state index contributed by atoms with van der Waals surface area (Å²) in [6.07, 6.45) is 0. The SMILES string of the molecule is O=C1CN(C(=O)c2csc(-c3ccccc3)n2)c2ccccc2N1. The maximum Gasteiger partial charge on any atom is 0.278 e. The lowest BCUT2D eigenvalue weighted by molar-refractivity contribution is -0.115. The molecule has 1 aromatic heterocycles. The maximum absolute atomic E-state index is 12.8. The number of rotatable bonds is 2. The summed E-state index contributed by atoms with van der Waals surface area (Å²) in [6.45, 7) is -0.00591. The molecule has 6 heteroatoms. The van der Waals surface area contributed by atoms with Gasteiger partial charge < -0.3 is 5.32 Å². The number of nitrogens with zero attached hydrogens (tertiary/aromatic N) is 2. The molecule has 2 heterocycles.